The minimum Gasteiger partial charge on any atom is -0.507 e. The van der Waals surface area contributed by atoms with Crippen LogP contribution in [0.1, 0.15) is 10.4 Å². The van der Waals surface area contributed by atoms with Crippen molar-refractivity contribution in [2.24, 2.45) is 0 Å². The summed E-state index contributed by atoms with van der Waals surface area (Å²) in [6, 6.07) is 8.04. The molecule has 0 aromatic heterocycles. The first-order chi connectivity index (χ1) is 10.4. The predicted octanol–water partition coefficient (Wildman–Crippen LogP) is 3.21. The van der Waals surface area contributed by atoms with Gasteiger partial charge < -0.3 is 15.2 Å². The number of nitro benzene ring substituents is 1. The summed E-state index contributed by atoms with van der Waals surface area (Å²) in [5.41, 5.74) is -0.0647. The molecule has 0 saturated carbocycles. The number of methoxy groups -OCH3 is 1. The number of ether oxygens (including phenoxy) is 1. The number of anilines is 1. The Balaban J connectivity index is 2.32. The fraction of sp³-hybridized carbons (Fsp3) is 0.0714. The summed E-state index contributed by atoms with van der Waals surface area (Å²) in [6.45, 7) is 0. The first-order valence-electron chi connectivity index (χ1n) is 6.05. The largest absolute Gasteiger partial charge is 0.507 e. The molecule has 2 aromatic rings. The number of phenols is 1. The third-order valence-corrected chi connectivity index (χ3v) is 3.18. The zero-order chi connectivity index (χ0) is 16.3. The van der Waals surface area contributed by atoms with Crippen LogP contribution in [0.5, 0.6) is 11.5 Å². The highest BCUT2D eigenvalue weighted by atomic mass is 35.5. The highest BCUT2D eigenvalue weighted by molar-refractivity contribution is 6.34. The molecule has 2 N–H and O–H groups in total. The van der Waals surface area contributed by atoms with Crippen LogP contribution < -0.4 is 10.1 Å². The molecule has 8 heteroatoms. The number of amides is 1. The Morgan fingerprint density at radius 3 is 2.68 bits per heavy atom. The van der Waals surface area contributed by atoms with Gasteiger partial charge >= 0.3 is 0 Å². The van der Waals surface area contributed by atoms with E-state index in [1.54, 1.807) is 0 Å². The van der Waals surface area contributed by atoms with E-state index in [1.165, 1.54) is 37.4 Å². The van der Waals surface area contributed by atoms with Crippen LogP contribution in [-0.4, -0.2) is 23.0 Å². The second kappa shape index (κ2) is 6.31. The zero-order valence-corrected chi connectivity index (χ0v) is 12.1. The van der Waals surface area contributed by atoms with Crippen LogP contribution in [0, 0.1) is 10.1 Å². The van der Waals surface area contributed by atoms with E-state index in [4.69, 9.17) is 16.3 Å². The minimum atomic E-state index is -0.647. The normalized spacial score (nSPS) is 10.1. The topological polar surface area (TPSA) is 102 Å². The van der Waals surface area contributed by atoms with Gasteiger partial charge in [-0.1, -0.05) is 17.7 Å². The molecule has 0 aliphatic heterocycles. The molecule has 114 valence electrons. The molecule has 0 bridgehead atoms. The van der Waals surface area contributed by atoms with Crippen LogP contribution in [0.2, 0.25) is 5.02 Å². The molecule has 2 aromatic carbocycles. The summed E-state index contributed by atoms with van der Waals surface area (Å²) in [6.07, 6.45) is 0. The fourth-order valence-electron chi connectivity index (χ4n) is 1.82. The Labute approximate surface area is 130 Å². The quantitative estimate of drug-likeness (QED) is 0.664. The van der Waals surface area contributed by atoms with Crippen molar-refractivity contribution in [1.82, 2.24) is 0 Å². The first kappa shape index (κ1) is 15.6. The molecule has 0 fully saturated rings. The highest BCUT2D eigenvalue weighted by Gasteiger charge is 2.19. The number of nitro groups is 1. The number of aromatic hydroxyl groups is 1. The van der Waals surface area contributed by atoms with Gasteiger partial charge in [-0.25, -0.2) is 0 Å². The Morgan fingerprint density at radius 2 is 2.09 bits per heavy atom. The lowest BCUT2D eigenvalue weighted by molar-refractivity contribution is -0.384. The number of carbonyl (C=O) groups excluding carboxylic acids is 1. The van der Waals surface area contributed by atoms with Gasteiger partial charge in [0.2, 0.25) is 0 Å². The molecule has 2 rings (SSSR count). The number of carbonyl (C=O) groups is 1. The van der Waals surface area contributed by atoms with Crippen LogP contribution in [-0.2, 0) is 0 Å². The van der Waals surface area contributed by atoms with Gasteiger partial charge in [-0.15, -0.1) is 0 Å². The third kappa shape index (κ3) is 3.09. The van der Waals surface area contributed by atoms with Gasteiger partial charge in [0.15, 0.2) is 0 Å². The van der Waals surface area contributed by atoms with Crippen molar-refractivity contribution in [1.29, 1.82) is 0 Å². The van der Waals surface area contributed by atoms with E-state index >= 15 is 0 Å². The van der Waals surface area contributed by atoms with Crippen molar-refractivity contribution < 1.29 is 19.6 Å². The van der Waals surface area contributed by atoms with Crippen molar-refractivity contribution in [2.45, 2.75) is 0 Å². The van der Waals surface area contributed by atoms with E-state index in [0.717, 1.165) is 6.07 Å². The van der Waals surface area contributed by atoms with Crippen LogP contribution in [0.3, 0.4) is 0 Å². The molecule has 0 unspecified atom stereocenters. The highest BCUT2D eigenvalue weighted by Crippen LogP contribution is 2.31. The molecular formula is C14H11ClN2O5. The zero-order valence-electron chi connectivity index (χ0n) is 11.4. The third-order valence-electron chi connectivity index (χ3n) is 2.86. The van der Waals surface area contributed by atoms with Gasteiger partial charge in [0.1, 0.15) is 17.1 Å². The molecule has 0 aliphatic rings. The van der Waals surface area contributed by atoms with E-state index in [9.17, 15) is 20.0 Å². The lowest BCUT2D eigenvalue weighted by Gasteiger charge is -2.11. The van der Waals surface area contributed by atoms with Gasteiger partial charge in [0.25, 0.3) is 11.6 Å². The number of phenolic OH excluding ortho intramolecular Hbond substituents is 1. The van der Waals surface area contributed by atoms with Gasteiger partial charge in [-0.2, -0.15) is 0 Å². The van der Waals surface area contributed by atoms with Crippen molar-refractivity contribution in [3.8, 4) is 11.5 Å². The standard InChI is InChI=1S/C14H11ClN2O5/c1-22-12-4-2-3-11(18)13(12)14(19)16-10-6-5-8(17(20)21)7-9(10)15/h2-7,18H,1H3,(H,16,19). The van der Waals surface area contributed by atoms with E-state index in [-0.39, 0.29) is 33.5 Å². The number of hydrogen-bond acceptors (Lipinski definition) is 5. The van der Waals surface area contributed by atoms with E-state index in [1.807, 2.05) is 0 Å². The average molecular weight is 323 g/mol. The summed E-state index contributed by atoms with van der Waals surface area (Å²) >= 11 is 5.91. The minimum absolute atomic E-state index is 0.0111. The van der Waals surface area contributed by atoms with Gasteiger partial charge in [0, 0.05) is 12.1 Å². The van der Waals surface area contributed by atoms with Gasteiger partial charge in [0.05, 0.1) is 22.7 Å². The molecule has 0 atom stereocenters. The number of rotatable bonds is 4. The lowest BCUT2D eigenvalue weighted by atomic mass is 10.1. The number of hydrogen-bond donors (Lipinski definition) is 2. The van der Waals surface area contributed by atoms with Crippen LogP contribution in [0.15, 0.2) is 36.4 Å². The molecule has 0 aliphatic carbocycles. The Morgan fingerprint density at radius 1 is 1.36 bits per heavy atom. The van der Waals surface area contributed by atoms with Crippen molar-refractivity contribution >= 4 is 28.9 Å². The van der Waals surface area contributed by atoms with Crippen LogP contribution in [0.25, 0.3) is 0 Å². The number of nitrogens with zero attached hydrogens (tertiary/aromatic N) is 1. The number of non-ortho nitro benzene ring substituents is 1. The number of benzene rings is 2. The van der Waals surface area contributed by atoms with Crippen molar-refractivity contribution in [3.63, 3.8) is 0 Å². The maximum absolute atomic E-state index is 12.2. The Kier molecular flexibility index (Phi) is 4.47. The Hall–Kier alpha value is -2.80. The second-order valence-corrected chi connectivity index (χ2v) is 4.64. The molecular weight excluding hydrogens is 312 g/mol. The summed E-state index contributed by atoms with van der Waals surface area (Å²) in [5.74, 6) is -0.712. The monoisotopic (exact) mass is 322 g/mol. The fourth-order valence-corrected chi connectivity index (χ4v) is 2.04. The van der Waals surface area contributed by atoms with Crippen molar-refractivity contribution in [3.05, 3.63) is 57.1 Å². The van der Waals surface area contributed by atoms with E-state index in [0.29, 0.717) is 0 Å². The average Bonchev–Trinajstić information content (AvgIpc) is 2.48. The molecule has 7 nitrogen and oxygen atoms in total. The van der Waals surface area contributed by atoms with Gasteiger partial charge in [-0.05, 0) is 18.2 Å². The molecule has 0 saturated heterocycles. The number of nitrogens with one attached hydrogen (secondary N) is 1. The van der Waals surface area contributed by atoms with Crippen LogP contribution >= 0.6 is 11.6 Å². The van der Waals surface area contributed by atoms with E-state index < -0.39 is 10.8 Å². The summed E-state index contributed by atoms with van der Waals surface area (Å²) in [5, 5.41) is 22.9. The summed E-state index contributed by atoms with van der Waals surface area (Å²) in [7, 11) is 1.37. The maximum atomic E-state index is 12.2. The van der Waals surface area contributed by atoms with Gasteiger partial charge in [-0.3, -0.25) is 14.9 Å². The molecule has 0 radical (unpaired) electrons. The SMILES string of the molecule is COc1cccc(O)c1C(=O)Nc1ccc([N+](=O)[O-])cc1Cl. The maximum Gasteiger partial charge on any atom is 0.271 e. The Bertz CT molecular complexity index is 748. The summed E-state index contributed by atoms with van der Waals surface area (Å²) < 4.78 is 5.02. The molecule has 0 heterocycles. The smallest absolute Gasteiger partial charge is 0.271 e. The molecule has 0 spiro atoms. The molecule has 1 amide bonds. The van der Waals surface area contributed by atoms with E-state index in [2.05, 4.69) is 5.32 Å². The molecule has 22 heavy (non-hydrogen) atoms. The second-order valence-electron chi connectivity index (χ2n) is 4.23. The van der Waals surface area contributed by atoms with Crippen LogP contribution in [0.4, 0.5) is 11.4 Å². The summed E-state index contributed by atoms with van der Waals surface area (Å²) in [4.78, 5) is 22.3. The predicted molar refractivity (Wildman–Crippen MR) is 80.7 cm³/mol. The first-order valence-corrected chi connectivity index (χ1v) is 6.43. The van der Waals surface area contributed by atoms with Crippen molar-refractivity contribution in [2.75, 3.05) is 12.4 Å². The lowest BCUT2D eigenvalue weighted by Crippen LogP contribution is -2.13. The number of halogens is 1.